The second-order valence-electron chi connectivity index (χ2n) is 5.35. The highest BCUT2D eigenvalue weighted by atomic mass is 16.1. The van der Waals surface area contributed by atoms with Crippen molar-refractivity contribution < 1.29 is 4.79 Å². The molecule has 0 saturated carbocycles. The summed E-state index contributed by atoms with van der Waals surface area (Å²) in [5.41, 5.74) is 3.75. The van der Waals surface area contributed by atoms with Crippen molar-refractivity contribution in [3.05, 3.63) is 59.9 Å². The first kappa shape index (κ1) is 16.1. The molecule has 3 aromatic rings. The molecule has 1 aromatic heterocycles. The minimum absolute atomic E-state index is 0.112. The van der Waals surface area contributed by atoms with Gasteiger partial charge in [0.25, 0.3) is 0 Å². The normalized spacial score (nSPS) is 10.1. The number of amides is 1. The second-order valence-corrected chi connectivity index (χ2v) is 5.35. The molecule has 0 unspecified atom stereocenters. The molecule has 0 bridgehead atoms. The Kier molecular flexibility index (Phi) is 4.67. The summed E-state index contributed by atoms with van der Waals surface area (Å²) in [6.45, 7) is 2.05. The molecule has 8 nitrogen and oxygen atoms in total. The van der Waals surface area contributed by atoms with E-state index in [-0.39, 0.29) is 12.5 Å². The van der Waals surface area contributed by atoms with Crippen LogP contribution < -0.4 is 10.6 Å². The molecule has 1 amide bonds. The monoisotopic (exact) mass is 333 g/mol. The van der Waals surface area contributed by atoms with Gasteiger partial charge in [-0.25, -0.2) is 4.68 Å². The molecule has 0 fully saturated rings. The molecular formula is C17H15N7O. The van der Waals surface area contributed by atoms with E-state index in [0.29, 0.717) is 11.3 Å². The maximum absolute atomic E-state index is 12.0. The Labute approximate surface area is 144 Å². The highest BCUT2D eigenvalue weighted by Crippen LogP contribution is 2.17. The van der Waals surface area contributed by atoms with Gasteiger partial charge in [0.05, 0.1) is 23.9 Å². The standard InChI is InChI=1S/C17H15N7O/c1-12-7-14(5-6-16(12)24-11-20-22-23-24)19-10-17(25)21-15-4-2-3-13(8-15)9-18/h2-8,11,19H,10H2,1H3,(H,21,25). The van der Waals surface area contributed by atoms with Gasteiger partial charge in [-0.3, -0.25) is 4.79 Å². The van der Waals surface area contributed by atoms with Crippen molar-refractivity contribution in [2.45, 2.75) is 6.92 Å². The summed E-state index contributed by atoms with van der Waals surface area (Å²) in [5, 5.41) is 25.8. The molecule has 0 aliphatic rings. The lowest BCUT2D eigenvalue weighted by Crippen LogP contribution is -2.21. The molecule has 0 atom stereocenters. The summed E-state index contributed by atoms with van der Waals surface area (Å²) in [6.07, 6.45) is 1.53. The van der Waals surface area contributed by atoms with E-state index >= 15 is 0 Å². The highest BCUT2D eigenvalue weighted by Gasteiger charge is 2.06. The summed E-state index contributed by atoms with van der Waals surface area (Å²) in [6, 6.07) is 14.5. The van der Waals surface area contributed by atoms with Crippen LogP contribution in [0.2, 0.25) is 0 Å². The maximum Gasteiger partial charge on any atom is 0.243 e. The number of hydrogen-bond donors (Lipinski definition) is 2. The van der Waals surface area contributed by atoms with Crippen LogP contribution in [0.1, 0.15) is 11.1 Å². The van der Waals surface area contributed by atoms with Gasteiger partial charge in [-0.2, -0.15) is 5.26 Å². The Morgan fingerprint density at radius 3 is 2.84 bits per heavy atom. The molecule has 0 spiro atoms. The Balaban J connectivity index is 1.60. The summed E-state index contributed by atoms with van der Waals surface area (Å²) in [5.74, 6) is -0.197. The average molecular weight is 333 g/mol. The fourth-order valence-corrected chi connectivity index (χ4v) is 2.35. The zero-order chi connectivity index (χ0) is 17.6. The molecule has 0 radical (unpaired) electrons. The molecule has 0 saturated heterocycles. The number of carbonyl (C=O) groups is 1. The van der Waals surface area contributed by atoms with Crippen molar-refractivity contribution >= 4 is 17.3 Å². The van der Waals surface area contributed by atoms with E-state index in [2.05, 4.69) is 26.2 Å². The zero-order valence-corrected chi connectivity index (χ0v) is 13.5. The number of aromatic nitrogens is 4. The number of benzene rings is 2. The Hall–Kier alpha value is -3.73. The number of nitrogens with one attached hydrogen (secondary N) is 2. The summed E-state index contributed by atoms with van der Waals surface area (Å²) in [4.78, 5) is 12.0. The zero-order valence-electron chi connectivity index (χ0n) is 13.5. The Morgan fingerprint density at radius 2 is 2.12 bits per heavy atom. The van der Waals surface area contributed by atoms with E-state index in [4.69, 9.17) is 5.26 Å². The third kappa shape index (κ3) is 3.97. The first-order chi connectivity index (χ1) is 12.2. The van der Waals surface area contributed by atoms with E-state index < -0.39 is 0 Å². The van der Waals surface area contributed by atoms with E-state index in [1.165, 1.54) is 6.33 Å². The lowest BCUT2D eigenvalue weighted by Gasteiger charge is -2.10. The van der Waals surface area contributed by atoms with Gasteiger partial charge in [0, 0.05) is 11.4 Å². The highest BCUT2D eigenvalue weighted by molar-refractivity contribution is 5.93. The van der Waals surface area contributed by atoms with Crippen molar-refractivity contribution in [3.63, 3.8) is 0 Å². The van der Waals surface area contributed by atoms with Crippen molar-refractivity contribution in [2.24, 2.45) is 0 Å². The van der Waals surface area contributed by atoms with E-state index in [1.807, 2.05) is 31.2 Å². The van der Waals surface area contributed by atoms with E-state index in [1.54, 1.807) is 28.9 Å². The van der Waals surface area contributed by atoms with Crippen molar-refractivity contribution in [1.82, 2.24) is 20.2 Å². The predicted octanol–water partition coefficient (Wildman–Crippen LogP) is 1.89. The minimum atomic E-state index is -0.197. The Bertz CT molecular complexity index is 928. The molecule has 8 heteroatoms. The predicted molar refractivity (Wildman–Crippen MR) is 92.2 cm³/mol. The molecule has 2 N–H and O–H groups in total. The van der Waals surface area contributed by atoms with Gasteiger partial charge < -0.3 is 10.6 Å². The van der Waals surface area contributed by atoms with Crippen LogP contribution in [0, 0.1) is 18.3 Å². The fraction of sp³-hybridized carbons (Fsp3) is 0.118. The van der Waals surface area contributed by atoms with Crippen LogP contribution in [0.15, 0.2) is 48.8 Å². The van der Waals surface area contributed by atoms with Crippen LogP contribution in [0.25, 0.3) is 5.69 Å². The van der Waals surface area contributed by atoms with E-state index in [0.717, 1.165) is 16.9 Å². The van der Waals surface area contributed by atoms with Gasteiger partial charge in [0.1, 0.15) is 6.33 Å². The molecule has 0 aliphatic heterocycles. The van der Waals surface area contributed by atoms with Crippen LogP contribution >= 0.6 is 0 Å². The maximum atomic E-state index is 12.0. The van der Waals surface area contributed by atoms with Gasteiger partial charge in [-0.05, 0) is 59.3 Å². The Morgan fingerprint density at radius 1 is 1.24 bits per heavy atom. The van der Waals surface area contributed by atoms with Crippen molar-refractivity contribution in [2.75, 3.05) is 17.2 Å². The van der Waals surface area contributed by atoms with Crippen LogP contribution in [-0.2, 0) is 4.79 Å². The molecule has 3 rings (SSSR count). The van der Waals surface area contributed by atoms with Gasteiger partial charge >= 0.3 is 0 Å². The quantitative estimate of drug-likeness (QED) is 0.738. The minimum Gasteiger partial charge on any atom is -0.376 e. The van der Waals surface area contributed by atoms with Crippen LogP contribution in [-0.4, -0.2) is 32.7 Å². The van der Waals surface area contributed by atoms with Crippen molar-refractivity contribution in [3.8, 4) is 11.8 Å². The number of anilines is 2. The molecule has 25 heavy (non-hydrogen) atoms. The molecular weight excluding hydrogens is 318 g/mol. The smallest absolute Gasteiger partial charge is 0.243 e. The van der Waals surface area contributed by atoms with Gasteiger partial charge in [-0.1, -0.05) is 6.07 Å². The third-order valence-electron chi connectivity index (χ3n) is 3.52. The number of rotatable bonds is 5. The fourth-order valence-electron chi connectivity index (χ4n) is 2.35. The SMILES string of the molecule is Cc1cc(NCC(=O)Nc2cccc(C#N)c2)ccc1-n1cnnn1. The van der Waals surface area contributed by atoms with Crippen LogP contribution in [0.5, 0.6) is 0 Å². The summed E-state index contributed by atoms with van der Waals surface area (Å²) < 4.78 is 1.58. The van der Waals surface area contributed by atoms with Gasteiger partial charge in [0.15, 0.2) is 0 Å². The number of carbonyl (C=O) groups excluding carboxylic acids is 1. The largest absolute Gasteiger partial charge is 0.376 e. The lowest BCUT2D eigenvalue weighted by molar-refractivity contribution is -0.114. The van der Waals surface area contributed by atoms with Crippen LogP contribution in [0.4, 0.5) is 11.4 Å². The average Bonchev–Trinajstić information content (AvgIpc) is 3.14. The summed E-state index contributed by atoms with van der Waals surface area (Å²) >= 11 is 0. The molecule has 2 aromatic carbocycles. The van der Waals surface area contributed by atoms with Gasteiger partial charge in [0.2, 0.25) is 5.91 Å². The number of tetrazole rings is 1. The summed E-state index contributed by atoms with van der Waals surface area (Å²) in [7, 11) is 0. The lowest BCUT2D eigenvalue weighted by atomic mass is 10.2. The number of nitrogens with zero attached hydrogens (tertiary/aromatic N) is 5. The first-order valence-electron chi connectivity index (χ1n) is 7.53. The van der Waals surface area contributed by atoms with E-state index in [9.17, 15) is 4.79 Å². The number of hydrogen-bond acceptors (Lipinski definition) is 6. The number of nitriles is 1. The first-order valence-corrected chi connectivity index (χ1v) is 7.53. The molecule has 124 valence electrons. The van der Waals surface area contributed by atoms with Crippen molar-refractivity contribution in [1.29, 1.82) is 5.26 Å². The van der Waals surface area contributed by atoms with Gasteiger partial charge in [-0.15, -0.1) is 5.10 Å². The third-order valence-corrected chi connectivity index (χ3v) is 3.52. The second kappa shape index (κ2) is 7.23. The van der Waals surface area contributed by atoms with Crippen LogP contribution in [0.3, 0.4) is 0 Å². The number of aryl methyl sites for hydroxylation is 1. The molecule has 1 heterocycles. The topological polar surface area (TPSA) is 109 Å². The molecule has 0 aliphatic carbocycles.